The Morgan fingerprint density at radius 3 is 1.30 bits per heavy atom. The van der Waals surface area contributed by atoms with Crippen molar-refractivity contribution in [3.05, 3.63) is 24.3 Å². The van der Waals surface area contributed by atoms with Gasteiger partial charge in [-0.3, -0.25) is 0 Å². The second-order valence-electron chi connectivity index (χ2n) is 4.81. The van der Waals surface area contributed by atoms with Crippen LogP contribution in [0.4, 0.5) is 0 Å². The second kappa shape index (κ2) is 12.4. The molecular weight excluding hydrogens is 264 g/mol. The van der Waals surface area contributed by atoms with Crippen molar-refractivity contribution < 1.29 is 30.0 Å². The maximum atomic E-state index is 9.60. The fourth-order valence-corrected chi connectivity index (χ4v) is 0.512. The summed E-state index contributed by atoms with van der Waals surface area (Å²) in [6, 6.07) is 0. The van der Waals surface area contributed by atoms with Gasteiger partial charge in [-0.05, 0) is 40.5 Å². The third-order valence-corrected chi connectivity index (χ3v) is 1.68. The van der Waals surface area contributed by atoms with Gasteiger partial charge in [0.2, 0.25) is 0 Å². The van der Waals surface area contributed by atoms with Crippen molar-refractivity contribution in [2.24, 2.45) is 0 Å². The molecule has 0 atom stereocenters. The van der Waals surface area contributed by atoms with Crippen LogP contribution in [-0.4, -0.2) is 44.6 Å². The van der Waals surface area contributed by atoms with E-state index in [0.717, 1.165) is 0 Å². The average Bonchev–Trinajstić information content (AvgIpc) is 2.26. The van der Waals surface area contributed by atoms with Gasteiger partial charge in [0.25, 0.3) is 0 Å². The zero-order valence-corrected chi connectivity index (χ0v) is 12.6. The molecule has 0 aliphatic rings. The summed E-state index contributed by atoms with van der Waals surface area (Å²) in [5, 5.41) is 33.1. The van der Waals surface area contributed by atoms with Crippen LogP contribution in [0.5, 0.6) is 0 Å². The van der Waals surface area contributed by atoms with E-state index in [0.29, 0.717) is 12.8 Å². The predicted molar refractivity (Wildman–Crippen MR) is 77.5 cm³/mol. The van der Waals surface area contributed by atoms with E-state index in [-0.39, 0.29) is 17.8 Å². The summed E-state index contributed by atoms with van der Waals surface area (Å²) in [5.41, 5.74) is -0.257. The van der Waals surface area contributed by atoms with Crippen molar-refractivity contribution in [3.8, 4) is 0 Å². The number of aliphatic hydroxyl groups is 2. The fourth-order valence-electron chi connectivity index (χ4n) is 0.512. The van der Waals surface area contributed by atoms with Gasteiger partial charge in [0.15, 0.2) is 0 Å². The molecule has 6 nitrogen and oxygen atoms in total. The number of carboxylic acid groups (broad SMARTS) is 2. The summed E-state index contributed by atoms with van der Waals surface area (Å²) in [5.74, 6) is -1.87. The molecule has 0 aromatic carbocycles. The Kier molecular flexibility index (Phi) is 14.5. The van der Waals surface area contributed by atoms with Crippen LogP contribution < -0.4 is 0 Å². The van der Waals surface area contributed by atoms with E-state index in [1.165, 1.54) is 13.8 Å². The van der Waals surface area contributed by atoms with Gasteiger partial charge in [0.05, 0.1) is 5.60 Å². The highest BCUT2D eigenvalue weighted by Gasteiger charge is 2.09. The number of rotatable bonds is 5. The molecule has 4 N–H and O–H groups in total. The SMILES string of the molecule is C=C(C)C(=O)O.C=C(C)C(=O)O.CC(C)(O)CCCO. The van der Waals surface area contributed by atoms with Gasteiger partial charge >= 0.3 is 11.9 Å². The Labute approximate surface area is 120 Å². The third kappa shape index (κ3) is 29.9. The Morgan fingerprint density at radius 1 is 1.00 bits per heavy atom. The number of carbonyl (C=O) groups is 2. The average molecular weight is 290 g/mol. The Balaban J connectivity index is -0.000000221. The van der Waals surface area contributed by atoms with Gasteiger partial charge < -0.3 is 20.4 Å². The smallest absolute Gasteiger partial charge is 0.330 e. The quantitative estimate of drug-likeness (QED) is 0.574. The summed E-state index contributed by atoms with van der Waals surface area (Å²) >= 11 is 0. The van der Waals surface area contributed by atoms with E-state index in [4.69, 9.17) is 20.4 Å². The molecule has 0 heterocycles. The molecule has 0 radical (unpaired) electrons. The van der Waals surface area contributed by atoms with Crippen LogP contribution in [0.2, 0.25) is 0 Å². The minimum absolute atomic E-state index is 0.171. The highest BCUT2D eigenvalue weighted by atomic mass is 16.4. The maximum absolute atomic E-state index is 9.60. The molecule has 0 spiro atoms. The first-order chi connectivity index (χ1) is 8.85. The molecular formula is C14H26O6. The molecule has 0 aliphatic heterocycles. The summed E-state index contributed by atoms with van der Waals surface area (Å²) in [6.07, 6.45) is 1.35. The van der Waals surface area contributed by atoms with Crippen LogP contribution in [-0.2, 0) is 9.59 Å². The maximum Gasteiger partial charge on any atom is 0.330 e. The van der Waals surface area contributed by atoms with Crippen LogP contribution in [0.3, 0.4) is 0 Å². The lowest BCUT2D eigenvalue weighted by atomic mass is 10.0. The molecule has 0 amide bonds. The van der Waals surface area contributed by atoms with Gasteiger partial charge in [-0.1, -0.05) is 13.2 Å². The van der Waals surface area contributed by atoms with Crippen molar-refractivity contribution in [2.45, 2.75) is 46.1 Å². The summed E-state index contributed by atoms with van der Waals surface area (Å²) in [7, 11) is 0. The van der Waals surface area contributed by atoms with Crippen LogP contribution in [0, 0.1) is 0 Å². The van der Waals surface area contributed by atoms with E-state index in [1.807, 2.05) is 0 Å². The van der Waals surface area contributed by atoms with Crippen LogP contribution in [0.25, 0.3) is 0 Å². The number of aliphatic carboxylic acids is 2. The fraction of sp³-hybridized carbons (Fsp3) is 0.571. The third-order valence-electron chi connectivity index (χ3n) is 1.68. The first kappa shape index (κ1) is 23.4. The summed E-state index contributed by atoms with van der Waals surface area (Å²) in [6.45, 7) is 12.9. The standard InChI is InChI=1S/C6H14O2.2C4H6O2/c1-6(2,8)4-3-5-7;2*1-3(2)4(5)6/h7-8H,3-5H2,1-2H3;2*1H2,2H3,(H,5,6). The van der Waals surface area contributed by atoms with Crippen molar-refractivity contribution >= 4 is 11.9 Å². The number of aliphatic hydroxyl groups excluding tert-OH is 1. The molecule has 0 aromatic heterocycles. The van der Waals surface area contributed by atoms with Gasteiger partial charge in [-0.2, -0.15) is 0 Å². The first-order valence-corrected chi connectivity index (χ1v) is 5.96. The Hall–Kier alpha value is -1.66. The van der Waals surface area contributed by atoms with E-state index in [1.54, 1.807) is 13.8 Å². The molecule has 0 saturated heterocycles. The summed E-state index contributed by atoms with van der Waals surface area (Å²) in [4.78, 5) is 19.2. The van der Waals surface area contributed by atoms with Crippen LogP contribution >= 0.6 is 0 Å². The molecule has 0 bridgehead atoms. The largest absolute Gasteiger partial charge is 0.478 e. The lowest BCUT2D eigenvalue weighted by Gasteiger charge is -2.14. The van der Waals surface area contributed by atoms with Crippen molar-refractivity contribution in [1.82, 2.24) is 0 Å². The molecule has 0 rings (SSSR count). The first-order valence-electron chi connectivity index (χ1n) is 5.96. The van der Waals surface area contributed by atoms with E-state index >= 15 is 0 Å². The molecule has 0 aliphatic carbocycles. The molecule has 0 saturated carbocycles. The lowest BCUT2D eigenvalue weighted by molar-refractivity contribution is -0.133. The molecule has 0 fully saturated rings. The van der Waals surface area contributed by atoms with Crippen molar-refractivity contribution in [3.63, 3.8) is 0 Å². The number of carboxylic acids is 2. The molecule has 20 heavy (non-hydrogen) atoms. The topological polar surface area (TPSA) is 115 Å². The van der Waals surface area contributed by atoms with E-state index in [2.05, 4.69) is 13.2 Å². The second-order valence-corrected chi connectivity index (χ2v) is 4.81. The lowest BCUT2D eigenvalue weighted by Crippen LogP contribution is -2.18. The van der Waals surface area contributed by atoms with Gasteiger partial charge in [0, 0.05) is 17.8 Å². The van der Waals surface area contributed by atoms with Gasteiger partial charge in [-0.25, -0.2) is 9.59 Å². The van der Waals surface area contributed by atoms with Crippen LogP contribution in [0.1, 0.15) is 40.5 Å². The Bertz CT molecular complexity index is 277. The van der Waals surface area contributed by atoms with Crippen molar-refractivity contribution in [1.29, 1.82) is 0 Å². The highest BCUT2D eigenvalue weighted by Crippen LogP contribution is 2.08. The minimum Gasteiger partial charge on any atom is -0.478 e. The van der Waals surface area contributed by atoms with Gasteiger partial charge in [0.1, 0.15) is 0 Å². The number of hydrogen-bond acceptors (Lipinski definition) is 4. The minimum atomic E-state index is -0.935. The van der Waals surface area contributed by atoms with Crippen molar-refractivity contribution in [2.75, 3.05) is 6.61 Å². The van der Waals surface area contributed by atoms with E-state index in [9.17, 15) is 9.59 Å². The molecule has 0 aromatic rings. The van der Waals surface area contributed by atoms with E-state index < -0.39 is 17.5 Å². The van der Waals surface area contributed by atoms with Gasteiger partial charge in [-0.15, -0.1) is 0 Å². The van der Waals surface area contributed by atoms with Crippen LogP contribution in [0.15, 0.2) is 24.3 Å². The molecule has 0 unspecified atom stereocenters. The zero-order valence-electron chi connectivity index (χ0n) is 12.6. The zero-order chi connectivity index (χ0) is 16.9. The Morgan fingerprint density at radius 2 is 1.25 bits per heavy atom. The molecule has 118 valence electrons. The normalized spacial score (nSPS) is 9.30. The monoisotopic (exact) mass is 290 g/mol. The summed E-state index contributed by atoms with van der Waals surface area (Å²) < 4.78 is 0. The highest BCUT2D eigenvalue weighted by molar-refractivity contribution is 5.85. The predicted octanol–water partition coefficient (Wildman–Crippen LogP) is 1.82. The molecule has 6 heteroatoms. The number of hydrogen-bond donors (Lipinski definition) is 4.